The molecule has 1 N–H and O–H groups in total. The Morgan fingerprint density at radius 3 is 2.86 bits per heavy atom. The number of rotatable bonds is 6. The molecule has 2 nitrogen and oxygen atoms in total. The monoisotopic (exact) mass is 198 g/mol. The Morgan fingerprint density at radius 1 is 1.29 bits per heavy atom. The number of hydrogen-bond donors (Lipinski definition) is 1. The van der Waals surface area contributed by atoms with E-state index in [9.17, 15) is 0 Å². The topological polar surface area (TPSA) is 15.3 Å². The van der Waals surface area contributed by atoms with Crippen LogP contribution >= 0.6 is 0 Å². The third kappa shape index (κ3) is 3.97. The molecule has 1 rings (SSSR count). The SMILES string of the molecule is CCNCCCN1CCCCC1CC. The van der Waals surface area contributed by atoms with Crippen molar-refractivity contribution < 1.29 is 0 Å². The molecule has 0 aromatic carbocycles. The fourth-order valence-corrected chi connectivity index (χ4v) is 2.40. The number of likely N-dealkylation sites (tertiary alicyclic amines) is 1. The molecule has 0 radical (unpaired) electrons. The van der Waals surface area contributed by atoms with Crippen molar-refractivity contribution >= 4 is 0 Å². The summed E-state index contributed by atoms with van der Waals surface area (Å²) in [7, 11) is 0. The number of hydrogen-bond acceptors (Lipinski definition) is 2. The highest BCUT2D eigenvalue weighted by atomic mass is 15.2. The first-order valence-electron chi connectivity index (χ1n) is 6.33. The smallest absolute Gasteiger partial charge is 0.00926 e. The average molecular weight is 198 g/mol. The quantitative estimate of drug-likeness (QED) is 0.659. The Morgan fingerprint density at radius 2 is 2.14 bits per heavy atom. The van der Waals surface area contributed by atoms with Gasteiger partial charge in [-0.25, -0.2) is 0 Å². The van der Waals surface area contributed by atoms with Gasteiger partial charge in [0.25, 0.3) is 0 Å². The van der Waals surface area contributed by atoms with E-state index in [1.165, 1.54) is 51.7 Å². The number of piperidine rings is 1. The van der Waals surface area contributed by atoms with E-state index in [4.69, 9.17) is 0 Å². The molecule has 84 valence electrons. The highest BCUT2D eigenvalue weighted by Crippen LogP contribution is 2.19. The lowest BCUT2D eigenvalue weighted by molar-refractivity contribution is 0.142. The van der Waals surface area contributed by atoms with Gasteiger partial charge in [0.05, 0.1) is 0 Å². The summed E-state index contributed by atoms with van der Waals surface area (Å²) in [6.07, 6.45) is 6.93. The van der Waals surface area contributed by atoms with Gasteiger partial charge in [0.1, 0.15) is 0 Å². The molecular formula is C12H26N2. The van der Waals surface area contributed by atoms with Crippen LogP contribution in [0.3, 0.4) is 0 Å². The third-order valence-corrected chi connectivity index (χ3v) is 3.27. The van der Waals surface area contributed by atoms with Crippen LogP contribution in [0.2, 0.25) is 0 Å². The summed E-state index contributed by atoms with van der Waals surface area (Å²) in [6.45, 7) is 9.43. The Bertz CT molecular complexity index is 136. The molecule has 0 spiro atoms. The van der Waals surface area contributed by atoms with Crippen LogP contribution in [-0.2, 0) is 0 Å². The number of nitrogens with one attached hydrogen (secondary N) is 1. The largest absolute Gasteiger partial charge is 0.317 e. The Kier molecular flexibility index (Phi) is 6.20. The molecule has 1 saturated heterocycles. The molecule has 0 saturated carbocycles. The number of nitrogens with zero attached hydrogens (tertiary/aromatic N) is 1. The van der Waals surface area contributed by atoms with E-state index in [1.54, 1.807) is 0 Å². The molecule has 1 atom stereocenters. The van der Waals surface area contributed by atoms with Gasteiger partial charge < -0.3 is 10.2 Å². The molecule has 1 fully saturated rings. The zero-order chi connectivity index (χ0) is 10.2. The molecule has 0 amide bonds. The summed E-state index contributed by atoms with van der Waals surface area (Å²) in [5.74, 6) is 0. The molecule has 1 aliphatic heterocycles. The van der Waals surface area contributed by atoms with E-state index in [0.717, 1.165) is 12.6 Å². The molecule has 0 aromatic rings. The summed E-state index contributed by atoms with van der Waals surface area (Å²) in [4.78, 5) is 2.70. The summed E-state index contributed by atoms with van der Waals surface area (Å²) >= 11 is 0. The molecule has 1 unspecified atom stereocenters. The van der Waals surface area contributed by atoms with Gasteiger partial charge in [-0.05, 0) is 51.9 Å². The van der Waals surface area contributed by atoms with E-state index < -0.39 is 0 Å². The minimum atomic E-state index is 0.880. The van der Waals surface area contributed by atoms with E-state index in [2.05, 4.69) is 24.1 Å². The van der Waals surface area contributed by atoms with Gasteiger partial charge in [0.2, 0.25) is 0 Å². The predicted molar refractivity (Wildman–Crippen MR) is 62.7 cm³/mol. The molecule has 0 aliphatic carbocycles. The van der Waals surface area contributed by atoms with Crippen molar-refractivity contribution in [3.63, 3.8) is 0 Å². The van der Waals surface area contributed by atoms with E-state index in [1.807, 2.05) is 0 Å². The maximum Gasteiger partial charge on any atom is 0.00926 e. The van der Waals surface area contributed by atoms with Crippen molar-refractivity contribution in [3.8, 4) is 0 Å². The fourth-order valence-electron chi connectivity index (χ4n) is 2.40. The molecule has 0 bridgehead atoms. The first-order chi connectivity index (χ1) is 6.88. The maximum atomic E-state index is 3.39. The minimum Gasteiger partial charge on any atom is -0.317 e. The first-order valence-corrected chi connectivity index (χ1v) is 6.33. The molecule has 0 aromatic heterocycles. The van der Waals surface area contributed by atoms with E-state index in [-0.39, 0.29) is 0 Å². The van der Waals surface area contributed by atoms with Gasteiger partial charge in [-0.1, -0.05) is 20.3 Å². The zero-order valence-corrected chi connectivity index (χ0v) is 9.89. The van der Waals surface area contributed by atoms with Crippen molar-refractivity contribution in [1.82, 2.24) is 10.2 Å². The van der Waals surface area contributed by atoms with Crippen LogP contribution < -0.4 is 5.32 Å². The molecule has 1 heterocycles. The van der Waals surface area contributed by atoms with Gasteiger partial charge in [0.15, 0.2) is 0 Å². The summed E-state index contributed by atoms with van der Waals surface area (Å²) in [5.41, 5.74) is 0. The molecular weight excluding hydrogens is 172 g/mol. The van der Waals surface area contributed by atoms with Crippen LogP contribution in [0.5, 0.6) is 0 Å². The van der Waals surface area contributed by atoms with Crippen LogP contribution in [0, 0.1) is 0 Å². The normalized spacial score (nSPS) is 24.0. The predicted octanol–water partition coefficient (Wildman–Crippen LogP) is 2.25. The molecule has 2 heteroatoms. The van der Waals surface area contributed by atoms with Gasteiger partial charge in [0, 0.05) is 6.04 Å². The van der Waals surface area contributed by atoms with Gasteiger partial charge in [-0.15, -0.1) is 0 Å². The second kappa shape index (κ2) is 7.24. The lowest BCUT2D eigenvalue weighted by Crippen LogP contribution is -2.40. The second-order valence-corrected chi connectivity index (χ2v) is 4.30. The highest BCUT2D eigenvalue weighted by Gasteiger charge is 2.19. The molecule has 1 aliphatic rings. The third-order valence-electron chi connectivity index (χ3n) is 3.27. The Hall–Kier alpha value is -0.0800. The Labute approximate surface area is 89.1 Å². The van der Waals surface area contributed by atoms with Crippen LogP contribution in [0.25, 0.3) is 0 Å². The van der Waals surface area contributed by atoms with E-state index >= 15 is 0 Å². The van der Waals surface area contributed by atoms with Crippen LogP contribution in [-0.4, -0.2) is 37.1 Å². The zero-order valence-electron chi connectivity index (χ0n) is 9.89. The van der Waals surface area contributed by atoms with Crippen LogP contribution in [0.15, 0.2) is 0 Å². The van der Waals surface area contributed by atoms with Crippen molar-refractivity contribution in [2.45, 2.75) is 52.0 Å². The van der Waals surface area contributed by atoms with Gasteiger partial charge >= 0.3 is 0 Å². The van der Waals surface area contributed by atoms with Crippen molar-refractivity contribution in [2.75, 3.05) is 26.2 Å². The lowest BCUT2D eigenvalue weighted by atomic mass is 10.00. The van der Waals surface area contributed by atoms with Gasteiger partial charge in [-0.2, -0.15) is 0 Å². The summed E-state index contributed by atoms with van der Waals surface area (Å²) < 4.78 is 0. The van der Waals surface area contributed by atoms with E-state index in [0.29, 0.717) is 0 Å². The average Bonchev–Trinajstić information content (AvgIpc) is 2.25. The molecule has 14 heavy (non-hydrogen) atoms. The van der Waals surface area contributed by atoms with Crippen LogP contribution in [0.1, 0.15) is 46.0 Å². The summed E-state index contributed by atoms with van der Waals surface area (Å²) in [6, 6.07) is 0.880. The van der Waals surface area contributed by atoms with Gasteiger partial charge in [-0.3, -0.25) is 0 Å². The summed E-state index contributed by atoms with van der Waals surface area (Å²) in [5, 5.41) is 3.39. The minimum absolute atomic E-state index is 0.880. The van der Waals surface area contributed by atoms with Crippen molar-refractivity contribution in [2.24, 2.45) is 0 Å². The highest BCUT2D eigenvalue weighted by molar-refractivity contribution is 4.75. The Balaban J connectivity index is 2.13. The standard InChI is InChI=1S/C12H26N2/c1-3-12-8-5-6-10-14(12)11-7-9-13-4-2/h12-13H,3-11H2,1-2H3. The lowest BCUT2D eigenvalue weighted by Gasteiger charge is -2.35. The maximum absolute atomic E-state index is 3.39. The van der Waals surface area contributed by atoms with Crippen molar-refractivity contribution in [3.05, 3.63) is 0 Å². The van der Waals surface area contributed by atoms with Crippen LogP contribution in [0.4, 0.5) is 0 Å². The second-order valence-electron chi connectivity index (χ2n) is 4.30. The first kappa shape index (κ1) is 12.0. The van der Waals surface area contributed by atoms with Crippen molar-refractivity contribution in [1.29, 1.82) is 0 Å². The fraction of sp³-hybridized carbons (Fsp3) is 1.00.